The van der Waals surface area contributed by atoms with Gasteiger partial charge in [0.05, 0.1) is 0 Å². The van der Waals surface area contributed by atoms with Gasteiger partial charge in [-0.1, -0.05) is 0 Å². The first-order valence-corrected chi connectivity index (χ1v) is 4.85. The minimum atomic E-state index is 1.03. The summed E-state index contributed by atoms with van der Waals surface area (Å²) in [5.74, 6) is 1.03. The fourth-order valence-electron chi connectivity index (χ4n) is 2.14. The Bertz CT molecular complexity index is 201. The average molecular weight is 167 g/mol. The molecular weight excluding hydrogens is 156 g/mol. The van der Waals surface area contributed by atoms with Crippen LogP contribution in [0.3, 0.4) is 0 Å². The van der Waals surface area contributed by atoms with Crippen LogP contribution in [0.4, 0.5) is 0 Å². The summed E-state index contributed by atoms with van der Waals surface area (Å²) in [5, 5.41) is 0. The van der Waals surface area contributed by atoms with Crippen LogP contribution in [0, 0.1) is 5.92 Å². The molecule has 1 unspecified atom stereocenters. The Morgan fingerprint density at radius 3 is 2.80 bits per heavy atom. The van der Waals surface area contributed by atoms with Gasteiger partial charge in [0.15, 0.2) is 0 Å². The van der Waals surface area contributed by atoms with Gasteiger partial charge in [-0.15, -0.1) is 0 Å². The normalized spacial score (nSPS) is 30.9. The van der Waals surface area contributed by atoms with Crippen molar-refractivity contribution < 1.29 is 20.4 Å². The van der Waals surface area contributed by atoms with Crippen molar-refractivity contribution in [2.75, 3.05) is 0 Å². The van der Waals surface area contributed by atoms with Crippen LogP contribution < -0.4 is 0 Å². The van der Waals surface area contributed by atoms with Crippen LogP contribution in [0.25, 0.3) is 0 Å². The molecule has 51 valence electrons. The Labute approximate surface area is 73.8 Å². The van der Waals surface area contributed by atoms with Gasteiger partial charge in [-0.25, -0.2) is 0 Å². The van der Waals surface area contributed by atoms with E-state index in [1.54, 1.807) is 11.1 Å². The van der Waals surface area contributed by atoms with Crippen molar-refractivity contribution in [2.45, 2.75) is 25.7 Å². The zero-order valence-electron chi connectivity index (χ0n) is 6.06. The fourth-order valence-corrected chi connectivity index (χ4v) is 2.45. The van der Waals surface area contributed by atoms with Crippen LogP contribution >= 0.6 is 0 Å². The average Bonchev–Trinajstić information content (AvgIpc) is 2.48. The molecule has 1 saturated carbocycles. The fraction of sp³-hybridized carbons (Fsp3) is 0.556. The van der Waals surface area contributed by atoms with Gasteiger partial charge in [0.2, 0.25) is 0 Å². The molecule has 0 aliphatic heterocycles. The second-order valence-electron chi connectivity index (χ2n) is 3.28. The van der Waals surface area contributed by atoms with Crippen molar-refractivity contribution in [2.24, 2.45) is 5.92 Å². The van der Waals surface area contributed by atoms with Crippen molar-refractivity contribution in [1.82, 2.24) is 0 Å². The molecule has 0 aromatic heterocycles. The zero-order valence-corrected chi connectivity index (χ0v) is 7.62. The Morgan fingerprint density at radius 2 is 2.30 bits per heavy atom. The zero-order chi connectivity index (χ0) is 6.97. The molecule has 1 heteroatoms. The Hall–Kier alpha value is 0.194. The summed E-state index contributed by atoms with van der Waals surface area (Å²) in [5.41, 5.74) is 3.40. The Morgan fingerprint density at radius 1 is 1.40 bits per heavy atom. The van der Waals surface area contributed by atoms with Crippen LogP contribution in [-0.2, 0) is 20.4 Å². The SMILES string of the molecule is [Ti][CH]=CC1=C2CCC(C1)C2. The summed E-state index contributed by atoms with van der Waals surface area (Å²) in [4.78, 5) is 0. The molecular formula is C9H11Ti. The predicted molar refractivity (Wildman–Crippen MR) is 38.1 cm³/mol. The van der Waals surface area contributed by atoms with Gasteiger partial charge in [-0.3, -0.25) is 0 Å². The number of hydrogen-bond acceptors (Lipinski definition) is 0. The monoisotopic (exact) mass is 167 g/mol. The minimum absolute atomic E-state index is 1.03. The van der Waals surface area contributed by atoms with Crippen LogP contribution in [0.1, 0.15) is 25.7 Å². The molecule has 10 heavy (non-hydrogen) atoms. The van der Waals surface area contributed by atoms with E-state index in [1.165, 1.54) is 25.7 Å². The molecule has 0 spiro atoms. The maximum atomic E-state index is 2.30. The van der Waals surface area contributed by atoms with Crippen LogP contribution in [0.5, 0.6) is 0 Å². The molecule has 2 bridgehead atoms. The number of rotatable bonds is 1. The van der Waals surface area contributed by atoms with Crippen LogP contribution in [0.15, 0.2) is 21.6 Å². The van der Waals surface area contributed by atoms with Gasteiger partial charge in [0, 0.05) is 0 Å². The first kappa shape index (κ1) is 6.88. The van der Waals surface area contributed by atoms with E-state index in [4.69, 9.17) is 0 Å². The standard InChI is InChI=1S/C9H11.Ti/c1-2-8-5-7-3-4-9(8)6-7;/h1-2,7H,3-6H2;. The molecule has 2 aliphatic rings. The van der Waals surface area contributed by atoms with Gasteiger partial charge >= 0.3 is 73.6 Å². The van der Waals surface area contributed by atoms with Crippen molar-refractivity contribution >= 4 is 0 Å². The van der Waals surface area contributed by atoms with E-state index < -0.39 is 0 Å². The summed E-state index contributed by atoms with van der Waals surface area (Å²) in [6.45, 7) is 0. The summed E-state index contributed by atoms with van der Waals surface area (Å²) < 4.78 is 2.17. The molecule has 0 nitrogen and oxygen atoms in total. The van der Waals surface area contributed by atoms with E-state index in [2.05, 4.69) is 30.9 Å². The molecule has 2 rings (SSSR count). The first-order valence-electron chi connectivity index (χ1n) is 3.95. The molecule has 1 atom stereocenters. The quantitative estimate of drug-likeness (QED) is 0.526. The number of fused-ring (bicyclic) bond motifs is 2. The van der Waals surface area contributed by atoms with E-state index in [0.29, 0.717) is 0 Å². The molecule has 0 saturated heterocycles. The van der Waals surface area contributed by atoms with E-state index in [-0.39, 0.29) is 0 Å². The molecule has 0 N–H and O–H groups in total. The topological polar surface area (TPSA) is 0 Å². The summed E-state index contributed by atoms with van der Waals surface area (Å²) in [7, 11) is 0. The molecule has 0 heterocycles. The van der Waals surface area contributed by atoms with Gasteiger partial charge < -0.3 is 0 Å². The van der Waals surface area contributed by atoms with E-state index in [1.807, 2.05) is 0 Å². The second-order valence-corrected chi connectivity index (χ2v) is 3.80. The third-order valence-electron chi connectivity index (χ3n) is 2.64. The summed E-state index contributed by atoms with van der Waals surface area (Å²) in [6, 6.07) is 0. The van der Waals surface area contributed by atoms with Gasteiger partial charge in [-0.2, -0.15) is 0 Å². The molecule has 2 aliphatic carbocycles. The molecule has 1 fully saturated rings. The third-order valence-corrected chi connectivity index (χ3v) is 2.90. The third kappa shape index (κ3) is 1.04. The van der Waals surface area contributed by atoms with Crippen LogP contribution in [0.2, 0.25) is 0 Å². The van der Waals surface area contributed by atoms with E-state index in [0.717, 1.165) is 5.92 Å². The van der Waals surface area contributed by atoms with Crippen molar-refractivity contribution in [1.29, 1.82) is 0 Å². The van der Waals surface area contributed by atoms with Crippen molar-refractivity contribution in [3.05, 3.63) is 21.6 Å². The Balaban J connectivity index is 2.22. The first-order chi connectivity index (χ1) is 4.90. The van der Waals surface area contributed by atoms with Crippen molar-refractivity contribution in [3.63, 3.8) is 0 Å². The van der Waals surface area contributed by atoms with Gasteiger partial charge in [0.25, 0.3) is 0 Å². The number of hydrogen-bond donors (Lipinski definition) is 0. The second kappa shape index (κ2) is 2.67. The van der Waals surface area contributed by atoms with E-state index in [9.17, 15) is 0 Å². The van der Waals surface area contributed by atoms with Crippen LogP contribution in [-0.4, -0.2) is 0 Å². The molecule has 0 aromatic carbocycles. The molecule has 0 radical (unpaired) electrons. The van der Waals surface area contributed by atoms with Gasteiger partial charge in [-0.05, 0) is 0 Å². The molecule has 0 amide bonds. The van der Waals surface area contributed by atoms with Gasteiger partial charge in [0.1, 0.15) is 0 Å². The molecule has 0 aromatic rings. The summed E-state index contributed by atoms with van der Waals surface area (Å²) >= 11 is 2.11. The summed E-state index contributed by atoms with van der Waals surface area (Å²) in [6.07, 6.45) is 7.95. The van der Waals surface area contributed by atoms with Crippen molar-refractivity contribution in [3.8, 4) is 0 Å². The number of allylic oxidation sites excluding steroid dienone is 3. The Kier molecular flexibility index (Phi) is 1.84. The maximum absolute atomic E-state index is 2.30. The van der Waals surface area contributed by atoms with E-state index >= 15 is 0 Å². The predicted octanol–water partition coefficient (Wildman–Crippen LogP) is 2.55.